The maximum Gasteiger partial charge on any atom is 0.0607 e. The number of hydrogen-bond donors (Lipinski definition) is 1. The second-order valence-electron chi connectivity index (χ2n) is 5.64. The maximum absolute atomic E-state index is 3.64. The van der Waals surface area contributed by atoms with Gasteiger partial charge in [-0.2, -0.15) is 0 Å². The highest BCUT2D eigenvalue weighted by Gasteiger charge is 2.26. The van der Waals surface area contributed by atoms with Gasteiger partial charge in [0, 0.05) is 38.8 Å². The summed E-state index contributed by atoms with van der Waals surface area (Å²) >= 11 is 0. The number of nitrogens with zero attached hydrogens (tertiary/aromatic N) is 2. The summed E-state index contributed by atoms with van der Waals surface area (Å²) < 4.78 is 0. The molecule has 0 aromatic heterocycles. The normalized spacial score (nSPS) is 20.8. The first-order valence-electron chi connectivity index (χ1n) is 7.06. The first kappa shape index (κ1) is 11.8. The molecule has 0 bridgehead atoms. The molecule has 3 nitrogen and oxygen atoms in total. The topological polar surface area (TPSA) is 18.5 Å². The molecule has 98 valence electrons. The molecule has 2 aliphatic rings. The van der Waals surface area contributed by atoms with Crippen molar-refractivity contribution in [2.75, 3.05) is 36.5 Å². The zero-order valence-corrected chi connectivity index (χ0v) is 11.4. The number of hydrogen-bond acceptors (Lipinski definition) is 3. The van der Waals surface area contributed by atoms with Crippen LogP contribution in [0.15, 0.2) is 24.3 Å². The minimum Gasteiger partial charge on any atom is -0.371 e. The van der Waals surface area contributed by atoms with Gasteiger partial charge in [0.1, 0.15) is 0 Å². The first-order valence-corrected chi connectivity index (χ1v) is 7.06. The fourth-order valence-corrected chi connectivity index (χ4v) is 2.72. The van der Waals surface area contributed by atoms with Crippen molar-refractivity contribution in [3.8, 4) is 0 Å². The van der Waals surface area contributed by atoms with Crippen LogP contribution in [0.3, 0.4) is 0 Å². The molecule has 0 radical (unpaired) electrons. The Morgan fingerprint density at radius 3 is 2.67 bits per heavy atom. The van der Waals surface area contributed by atoms with Crippen LogP contribution in [0.1, 0.15) is 19.8 Å². The summed E-state index contributed by atoms with van der Waals surface area (Å²) in [5, 5.41) is 3.64. The van der Waals surface area contributed by atoms with E-state index in [9.17, 15) is 0 Å². The summed E-state index contributed by atoms with van der Waals surface area (Å²) in [4.78, 5) is 4.90. The van der Waals surface area contributed by atoms with E-state index in [0.29, 0.717) is 6.04 Å². The lowest BCUT2D eigenvalue weighted by molar-refractivity contribution is 0.551. The summed E-state index contributed by atoms with van der Waals surface area (Å²) in [6.07, 6.45) is 2.73. The summed E-state index contributed by atoms with van der Waals surface area (Å²) in [6.45, 7) is 5.67. The number of benzene rings is 1. The van der Waals surface area contributed by atoms with Crippen LogP contribution in [0, 0.1) is 0 Å². The number of likely N-dealkylation sites (N-methyl/N-ethyl adjacent to an activating group) is 1. The molecular formula is C15H23N3. The van der Waals surface area contributed by atoms with E-state index in [-0.39, 0.29) is 0 Å². The average molecular weight is 245 g/mol. The molecule has 1 N–H and O–H groups in total. The standard InChI is InChI=1S/C15H23N3/c1-12(11-16-13-7-8-13)18-10-9-17(2)14-5-3-4-6-15(14)18/h3-6,12-13,16H,7-11H2,1-2H3. The van der Waals surface area contributed by atoms with E-state index < -0.39 is 0 Å². The minimum atomic E-state index is 0.570. The smallest absolute Gasteiger partial charge is 0.0607 e. The second kappa shape index (κ2) is 4.81. The van der Waals surface area contributed by atoms with Crippen LogP contribution in [0.25, 0.3) is 0 Å². The van der Waals surface area contributed by atoms with E-state index in [1.807, 2.05) is 0 Å². The Morgan fingerprint density at radius 2 is 1.94 bits per heavy atom. The van der Waals surface area contributed by atoms with Crippen molar-refractivity contribution < 1.29 is 0 Å². The van der Waals surface area contributed by atoms with Gasteiger partial charge in [0.2, 0.25) is 0 Å². The Bertz CT molecular complexity index is 414. The molecule has 1 unspecified atom stereocenters. The van der Waals surface area contributed by atoms with Crippen molar-refractivity contribution in [1.82, 2.24) is 5.32 Å². The van der Waals surface area contributed by atoms with Gasteiger partial charge in [-0.1, -0.05) is 12.1 Å². The Balaban J connectivity index is 1.73. The summed E-state index contributed by atoms with van der Waals surface area (Å²) in [5.41, 5.74) is 2.75. The zero-order chi connectivity index (χ0) is 12.5. The van der Waals surface area contributed by atoms with Crippen LogP contribution in [0.2, 0.25) is 0 Å². The molecule has 1 aromatic rings. The lowest BCUT2D eigenvalue weighted by Crippen LogP contribution is -2.47. The maximum atomic E-state index is 3.64. The van der Waals surface area contributed by atoms with Crippen LogP contribution < -0.4 is 15.1 Å². The molecule has 3 rings (SSSR count). The third-order valence-electron chi connectivity index (χ3n) is 4.09. The number of rotatable bonds is 4. The minimum absolute atomic E-state index is 0.570. The Morgan fingerprint density at radius 1 is 1.22 bits per heavy atom. The van der Waals surface area contributed by atoms with Crippen molar-refractivity contribution >= 4 is 11.4 Å². The summed E-state index contributed by atoms with van der Waals surface area (Å²) in [6, 6.07) is 10.1. The lowest BCUT2D eigenvalue weighted by atomic mass is 10.1. The monoisotopic (exact) mass is 245 g/mol. The molecule has 1 fully saturated rings. The molecule has 1 aliphatic carbocycles. The van der Waals surface area contributed by atoms with E-state index in [2.05, 4.69) is 53.4 Å². The van der Waals surface area contributed by atoms with Gasteiger partial charge >= 0.3 is 0 Å². The van der Waals surface area contributed by atoms with Crippen LogP contribution in [0.4, 0.5) is 11.4 Å². The largest absolute Gasteiger partial charge is 0.371 e. The predicted molar refractivity (Wildman–Crippen MR) is 77.5 cm³/mol. The highest BCUT2D eigenvalue weighted by molar-refractivity contribution is 5.73. The van der Waals surface area contributed by atoms with Crippen LogP contribution in [-0.4, -0.2) is 38.8 Å². The van der Waals surface area contributed by atoms with E-state index in [0.717, 1.165) is 25.7 Å². The fraction of sp³-hybridized carbons (Fsp3) is 0.600. The van der Waals surface area contributed by atoms with E-state index in [1.165, 1.54) is 24.2 Å². The SMILES string of the molecule is CC(CNC1CC1)N1CCN(C)c2ccccc21. The highest BCUT2D eigenvalue weighted by Crippen LogP contribution is 2.33. The van der Waals surface area contributed by atoms with Gasteiger partial charge in [0.15, 0.2) is 0 Å². The number of fused-ring (bicyclic) bond motifs is 1. The molecule has 18 heavy (non-hydrogen) atoms. The van der Waals surface area contributed by atoms with Gasteiger partial charge in [0.05, 0.1) is 11.4 Å². The van der Waals surface area contributed by atoms with Crippen LogP contribution in [0.5, 0.6) is 0 Å². The Labute approximate surface area is 110 Å². The highest BCUT2D eigenvalue weighted by atomic mass is 15.3. The number of para-hydroxylation sites is 2. The molecule has 1 aliphatic heterocycles. The average Bonchev–Trinajstić information content (AvgIpc) is 3.21. The van der Waals surface area contributed by atoms with Crippen molar-refractivity contribution in [2.45, 2.75) is 31.8 Å². The Hall–Kier alpha value is -1.22. The first-order chi connectivity index (χ1) is 8.75. The summed E-state index contributed by atoms with van der Waals surface area (Å²) in [7, 11) is 2.18. The van der Waals surface area contributed by atoms with Gasteiger partial charge in [-0.3, -0.25) is 0 Å². The number of anilines is 2. The lowest BCUT2D eigenvalue weighted by Gasteiger charge is -2.40. The fourth-order valence-electron chi connectivity index (χ4n) is 2.72. The van der Waals surface area contributed by atoms with Gasteiger partial charge < -0.3 is 15.1 Å². The molecule has 1 aromatic carbocycles. The molecule has 1 atom stereocenters. The third kappa shape index (κ3) is 2.32. The molecule has 0 amide bonds. The molecule has 0 saturated heterocycles. The molecule has 0 spiro atoms. The quantitative estimate of drug-likeness (QED) is 0.876. The van der Waals surface area contributed by atoms with Gasteiger partial charge in [-0.15, -0.1) is 0 Å². The van der Waals surface area contributed by atoms with Crippen LogP contribution >= 0.6 is 0 Å². The second-order valence-corrected chi connectivity index (χ2v) is 5.64. The third-order valence-corrected chi connectivity index (χ3v) is 4.09. The van der Waals surface area contributed by atoms with Gasteiger partial charge in [-0.25, -0.2) is 0 Å². The number of nitrogens with one attached hydrogen (secondary N) is 1. The van der Waals surface area contributed by atoms with E-state index in [4.69, 9.17) is 0 Å². The predicted octanol–water partition coefficient (Wildman–Crippen LogP) is 2.08. The van der Waals surface area contributed by atoms with E-state index in [1.54, 1.807) is 0 Å². The van der Waals surface area contributed by atoms with Crippen molar-refractivity contribution in [3.63, 3.8) is 0 Å². The van der Waals surface area contributed by atoms with Crippen molar-refractivity contribution in [2.24, 2.45) is 0 Å². The molecular weight excluding hydrogens is 222 g/mol. The molecule has 1 saturated carbocycles. The van der Waals surface area contributed by atoms with Crippen LogP contribution in [-0.2, 0) is 0 Å². The van der Waals surface area contributed by atoms with Crippen molar-refractivity contribution in [3.05, 3.63) is 24.3 Å². The van der Waals surface area contributed by atoms with Crippen molar-refractivity contribution in [1.29, 1.82) is 0 Å². The Kier molecular flexibility index (Phi) is 3.16. The molecule has 1 heterocycles. The molecule has 3 heteroatoms. The van der Waals surface area contributed by atoms with Gasteiger partial charge in [-0.05, 0) is 31.9 Å². The van der Waals surface area contributed by atoms with E-state index >= 15 is 0 Å². The summed E-state index contributed by atoms with van der Waals surface area (Å²) in [5.74, 6) is 0. The zero-order valence-electron chi connectivity index (χ0n) is 11.4. The van der Waals surface area contributed by atoms with Gasteiger partial charge in [0.25, 0.3) is 0 Å².